The lowest BCUT2D eigenvalue weighted by Gasteiger charge is -2.34. The molecule has 0 spiro atoms. The predicted octanol–water partition coefficient (Wildman–Crippen LogP) is 1.26. The van der Waals surface area contributed by atoms with Crippen LogP contribution in [-0.2, 0) is 24.3 Å². The molecule has 1 amide bonds. The predicted molar refractivity (Wildman–Crippen MR) is 147 cm³/mol. The van der Waals surface area contributed by atoms with Crippen LogP contribution in [0, 0.1) is 23.0 Å². The first-order chi connectivity index (χ1) is 19.0. The summed E-state index contributed by atoms with van der Waals surface area (Å²) in [6.45, 7) is 4.46. The molecule has 0 aliphatic carbocycles. The number of nitrogens with zero attached hydrogens (tertiary/aromatic N) is 4. The third kappa shape index (κ3) is 8.84. The number of hydrazine groups is 1. The Morgan fingerprint density at radius 1 is 1.32 bits per heavy atom. The SMILES string of the molecule is CC(=O)OCCC1CCN(C(=O)[C@H](CCCN=C(N)N[N+](=O)[O-])NS(=O)(=O)c2cccc3cc(C)cnc23)CC1. The number of ether oxygens (including phenoxy) is 1. The fourth-order valence-electron chi connectivity index (χ4n) is 4.60. The third-order valence-electron chi connectivity index (χ3n) is 6.59. The lowest BCUT2D eigenvalue weighted by Crippen LogP contribution is -2.50. The molecule has 14 nitrogen and oxygen atoms in total. The number of para-hydroxylation sites is 1. The number of hydrogen-bond acceptors (Lipinski definition) is 9. The quantitative estimate of drug-likeness (QED) is 0.0824. The zero-order valence-corrected chi connectivity index (χ0v) is 23.4. The van der Waals surface area contributed by atoms with E-state index in [0.717, 1.165) is 5.56 Å². The van der Waals surface area contributed by atoms with Crippen LogP contribution in [0.1, 0.15) is 44.6 Å². The molecule has 0 radical (unpaired) electrons. The van der Waals surface area contributed by atoms with E-state index in [9.17, 15) is 28.1 Å². The maximum Gasteiger partial charge on any atom is 0.302 e. The van der Waals surface area contributed by atoms with Crippen LogP contribution in [0.15, 0.2) is 40.4 Å². The van der Waals surface area contributed by atoms with E-state index in [0.29, 0.717) is 49.9 Å². The van der Waals surface area contributed by atoms with Gasteiger partial charge in [-0.25, -0.2) is 23.5 Å². The van der Waals surface area contributed by atoms with Crippen molar-refractivity contribution < 1.29 is 27.8 Å². The fourth-order valence-corrected chi connectivity index (χ4v) is 6.00. The summed E-state index contributed by atoms with van der Waals surface area (Å²) in [4.78, 5) is 44.8. The molecule has 2 aromatic rings. The van der Waals surface area contributed by atoms with Gasteiger partial charge in [-0.15, -0.1) is 0 Å². The average molecular weight is 578 g/mol. The highest BCUT2D eigenvalue weighted by Crippen LogP contribution is 2.24. The highest BCUT2D eigenvalue weighted by Gasteiger charge is 2.32. The molecule has 1 aromatic heterocycles. The van der Waals surface area contributed by atoms with Gasteiger partial charge >= 0.3 is 5.97 Å². The van der Waals surface area contributed by atoms with E-state index in [4.69, 9.17) is 10.5 Å². The normalized spacial score (nSPS) is 15.6. The maximum absolute atomic E-state index is 13.6. The Labute approximate surface area is 232 Å². The van der Waals surface area contributed by atoms with Crippen LogP contribution in [0.4, 0.5) is 0 Å². The number of aliphatic imine (C=N–C) groups is 1. The number of hydrogen-bond donors (Lipinski definition) is 3. The van der Waals surface area contributed by atoms with Crippen molar-refractivity contribution in [3.63, 3.8) is 0 Å². The topological polar surface area (TPSA) is 199 Å². The standard InChI is InChI=1S/C25H35N7O7S/c1-17-15-20-5-3-7-22(23(20)28-16-17)40(37,38)30-21(6-4-11-27-25(26)29-32(35)36)24(34)31-12-8-19(9-13-31)10-14-39-18(2)33/h3,5,7,15-16,19,21,30H,4,6,8-14H2,1-2H3,(H3,26,27,29)/t21-/m0/s1. The molecular weight excluding hydrogens is 542 g/mol. The molecule has 1 aromatic carbocycles. The van der Waals surface area contributed by atoms with Gasteiger partial charge in [-0.3, -0.25) is 14.6 Å². The van der Waals surface area contributed by atoms with Crippen molar-refractivity contribution in [2.75, 3.05) is 26.2 Å². The van der Waals surface area contributed by atoms with Gasteiger partial charge in [-0.05, 0) is 62.6 Å². The summed E-state index contributed by atoms with van der Waals surface area (Å²) in [5, 5.41) is 10.3. The van der Waals surface area contributed by atoms with Gasteiger partial charge in [-0.1, -0.05) is 17.6 Å². The average Bonchev–Trinajstić information content (AvgIpc) is 2.89. The van der Waals surface area contributed by atoms with Crippen LogP contribution < -0.4 is 15.9 Å². The lowest BCUT2D eigenvalue weighted by molar-refractivity contribution is -0.525. The number of carbonyl (C=O) groups is 2. The first-order valence-electron chi connectivity index (χ1n) is 13.0. The van der Waals surface area contributed by atoms with Crippen molar-refractivity contribution in [3.05, 3.63) is 46.1 Å². The number of aryl methyl sites for hydroxylation is 1. The maximum atomic E-state index is 13.6. The summed E-state index contributed by atoms with van der Waals surface area (Å²) in [6, 6.07) is 5.57. The molecule has 1 saturated heterocycles. The molecule has 0 saturated carbocycles. The van der Waals surface area contributed by atoms with Crippen molar-refractivity contribution in [1.29, 1.82) is 0 Å². The van der Waals surface area contributed by atoms with Crippen LogP contribution >= 0.6 is 0 Å². The number of aromatic nitrogens is 1. The Bertz CT molecular complexity index is 1360. The second-order valence-corrected chi connectivity index (χ2v) is 11.4. The number of nitrogens with one attached hydrogen (secondary N) is 2. The minimum Gasteiger partial charge on any atom is -0.466 e. The van der Waals surface area contributed by atoms with E-state index < -0.39 is 21.1 Å². The number of carbonyl (C=O) groups excluding carboxylic acids is 2. The number of nitrogens with two attached hydrogens (primary N) is 1. The van der Waals surface area contributed by atoms with Gasteiger partial charge in [0.15, 0.2) is 5.03 Å². The van der Waals surface area contributed by atoms with Gasteiger partial charge < -0.3 is 15.4 Å². The molecule has 1 aliphatic heterocycles. The van der Waals surface area contributed by atoms with Gasteiger partial charge in [-0.2, -0.15) is 4.72 Å². The number of piperidine rings is 1. The van der Waals surface area contributed by atoms with Gasteiger partial charge in [0, 0.05) is 38.1 Å². The van der Waals surface area contributed by atoms with E-state index in [1.807, 2.05) is 13.0 Å². The number of amides is 1. The fraction of sp³-hybridized carbons (Fsp3) is 0.520. The molecule has 1 atom stereocenters. The summed E-state index contributed by atoms with van der Waals surface area (Å²) in [5.41, 5.74) is 8.36. The minimum atomic E-state index is -4.15. The number of fused-ring (bicyclic) bond motifs is 1. The number of benzene rings is 1. The van der Waals surface area contributed by atoms with E-state index >= 15 is 0 Å². The molecule has 0 bridgehead atoms. The van der Waals surface area contributed by atoms with Crippen molar-refractivity contribution in [2.24, 2.45) is 16.6 Å². The van der Waals surface area contributed by atoms with Crippen LogP contribution in [0.3, 0.4) is 0 Å². The molecule has 0 unspecified atom stereocenters. The molecule has 3 rings (SSSR count). The van der Waals surface area contributed by atoms with E-state index in [2.05, 4.69) is 14.7 Å². The molecule has 4 N–H and O–H groups in total. The molecule has 15 heteroatoms. The third-order valence-corrected chi connectivity index (χ3v) is 8.10. The number of nitro groups is 1. The smallest absolute Gasteiger partial charge is 0.302 e. The number of esters is 1. The molecule has 1 aliphatic rings. The first-order valence-corrected chi connectivity index (χ1v) is 14.5. The molecule has 2 heterocycles. The van der Waals surface area contributed by atoms with Gasteiger partial charge in [0.05, 0.1) is 12.1 Å². The highest BCUT2D eigenvalue weighted by molar-refractivity contribution is 7.89. The lowest BCUT2D eigenvalue weighted by atomic mass is 9.93. The van der Waals surface area contributed by atoms with Crippen LogP contribution in [-0.4, -0.2) is 73.5 Å². The van der Waals surface area contributed by atoms with Gasteiger partial charge in [0.25, 0.3) is 5.96 Å². The van der Waals surface area contributed by atoms with Crippen molar-refractivity contribution >= 4 is 38.8 Å². The van der Waals surface area contributed by atoms with Crippen molar-refractivity contribution in [2.45, 2.75) is 56.9 Å². The van der Waals surface area contributed by atoms with Crippen LogP contribution in [0.5, 0.6) is 0 Å². The molecule has 1 fully saturated rings. The monoisotopic (exact) mass is 577 g/mol. The number of guanidine groups is 1. The zero-order chi connectivity index (χ0) is 29.3. The van der Waals surface area contributed by atoms with Crippen LogP contribution in [0.25, 0.3) is 10.9 Å². The summed E-state index contributed by atoms with van der Waals surface area (Å²) >= 11 is 0. The summed E-state index contributed by atoms with van der Waals surface area (Å²) in [7, 11) is -4.15. The van der Waals surface area contributed by atoms with Crippen molar-refractivity contribution in [1.82, 2.24) is 20.0 Å². The molecular formula is C25H35N7O7S. The van der Waals surface area contributed by atoms with E-state index in [-0.39, 0.29) is 48.0 Å². The molecule has 218 valence electrons. The second kappa shape index (κ2) is 14.0. The Kier molecular flexibility index (Phi) is 10.7. The van der Waals surface area contributed by atoms with Gasteiger partial charge in [0.2, 0.25) is 15.9 Å². The van der Waals surface area contributed by atoms with Crippen molar-refractivity contribution in [3.8, 4) is 0 Å². The largest absolute Gasteiger partial charge is 0.466 e. The van der Waals surface area contributed by atoms with Gasteiger partial charge in [0.1, 0.15) is 10.9 Å². The minimum absolute atomic E-state index is 0.0376. The Morgan fingerprint density at radius 2 is 2.05 bits per heavy atom. The Morgan fingerprint density at radius 3 is 2.73 bits per heavy atom. The first kappa shape index (κ1) is 30.7. The number of pyridine rings is 1. The van der Waals surface area contributed by atoms with E-state index in [1.165, 1.54) is 13.0 Å². The Hall–Kier alpha value is -3.85. The second-order valence-electron chi connectivity index (χ2n) is 9.69. The summed E-state index contributed by atoms with van der Waals surface area (Å²) < 4.78 is 34.6. The Balaban J connectivity index is 1.74. The highest BCUT2D eigenvalue weighted by atomic mass is 32.2. The molecule has 40 heavy (non-hydrogen) atoms. The van der Waals surface area contributed by atoms with Crippen LogP contribution in [0.2, 0.25) is 0 Å². The summed E-state index contributed by atoms with van der Waals surface area (Å²) in [5.74, 6) is -0.803. The van der Waals surface area contributed by atoms with E-state index in [1.54, 1.807) is 28.7 Å². The summed E-state index contributed by atoms with van der Waals surface area (Å²) in [6.07, 6.45) is 4.01. The number of likely N-dealkylation sites (tertiary alicyclic amines) is 1. The zero-order valence-electron chi connectivity index (χ0n) is 22.5. The number of rotatable bonds is 12. The number of sulfonamides is 1.